The highest BCUT2D eigenvalue weighted by Crippen LogP contribution is 2.33. The van der Waals surface area contributed by atoms with Crippen LogP contribution in [-0.2, 0) is 4.79 Å². The summed E-state index contributed by atoms with van der Waals surface area (Å²) in [6.07, 6.45) is 0.543. The van der Waals surface area contributed by atoms with Crippen molar-refractivity contribution in [2.45, 2.75) is 12.5 Å². The van der Waals surface area contributed by atoms with E-state index < -0.39 is 5.97 Å². The van der Waals surface area contributed by atoms with Crippen LogP contribution in [0.4, 0.5) is 0 Å². The van der Waals surface area contributed by atoms with Crippen molar-refractivity contribution in [1.29, 1.82) is 0 Å². The lowest BCUT2D eigenvalue weighted by atomic mass is 10.00. The summed E-state index contributed by atoms with van der Waals surface area (Å²) in [5.74, 6) is -0.644. The van der Waals surface area contributed by atoms with E-state index in [0.29, 0.717) is 18.7 Å². The van der Waals surface area contributed by atoms with Crippen LogP contribution < -0.4 is 10.1 Å². The van der Waals surface area contributed by atoms with Crippen molar-refractivity contribution in [1.82, 2.24) is 5.32 Å². The Bertz CT molecular complexity index is 433. The van der Waals surface area contributed by atoms with Crippen LogP contribution in [0.3, 0.4) is 0 Å². The first-order chi connectivity index (χ1) is 8.11. The number of carbonyl (C=O) groups is 1. The van der Waals surface area contributed by atoms with Gasteiger partial charge >= 0.3 is 5.97 Å². The van der Waals surface area contributed by atoms with Gasteiger partial charge in [-0.3, -0.25) is 4.79 Å². The minimum absolute atomic E-state index is 0.0205. The van der Waals surface area contributed by atoms with Crippen LogP contribution in [0.1, 0.15) is 18.0 Å². The zero-order valence-electron chi connectivity index (χ0n) is 9.51. The molecule has 0 saturated carbocycles. The molecule has 2 rings (SSSR count). The first-order valence-corrected chi connectivity index (χ1v) is 5.45. The Morgan fingerprint density at radius 2 is 2.29 bits per heavy atom. The smallest absolute Gasteiger partial charge is 0.307 e. The normalized spacial score (nSPS) is 23.6. The lowest BCUT2D eigenvalue weighted by Crippen LogP contribution is -2.17. The summed E-state index contributed by atoms with van der Waals surface area (Å²) in [4.78, 5) is 10.8. The molecule has 2 atom stereocenters. The maximum Gasteiger partial charge on any atom is 0.307 e. The zero-order chi connectivity index (χ0) is 12.4. The molecule has 2 unspecified atom stereocenters. The highest BCUT2D eigenvalue weighted by atomic mass is 16.5. The van der Waals surface area contributed by atoms with E-state index in [-0.39, 0.29) is 17.7 Å². The van der Waals surface area contributed by atoms with Gasteiger partial charge in [-0.2, -0.15) is 0 Å². The Balaban J connectivity index is 2.14. The van der Waals surface area contributed by atoms with Crippen molar-refractivity contribution in [3.8, 4) is 11.5 Å². The summed E-state index contributed by atoms with van der Waals surface area (Å²) in [5.41, 5.74) is 0.882. The van der Waals surface area contributed by atoms with Crippen molar-refractivity contribution in [2.24, 2.45) is 5.92 Å². The first kappa shape index (κ1) is 11.7. The molecular formula is C12H15NO4. The second-order valence-electron chi connectivity index (χ2n) is 4.16. The Morgan fingerprint density at radius 3 is 2.82 bits per heavy atom. The molecule has 1 saturated heterocycles. The zero-order valence-corrected chi connectivity index (χ0v) is 9.51. The summed E-state index contributed by atoms with van der Waals surface area (Å²) in [6.45, 7) is 0.465. The molecule has 5 nitrogen and oxygen atoms in total. The van der Waals surface area contributed by atoms with E-state index in [1.54, 1.807) is 12.1 Å². The number of rotatable bonds is 3. The third kappa shape index (κ3) is 2.34. The molecule has 1 aliphatic rings. The minimum atomic E-state index is -0.780. The van der Waals surface area contributed by atoms with Crippen LogP contribution >= 0.6 is 0 Å². The van der Waals surface area contributed by atoms with Crippen molar-refractivity contribution in [2.75, 3.05) is 13.7 Å². The number of phenols is 1. The lowest BCUT2D eigenvalue weighted by molar-refractivity contribution is -0.141. The number of phenolic OH excluding ortho intramolecular Hbond substituents is 1. The molecule has 1 fully saturated rings. The number of carboxylic acid groups (broad SMARTS) is 1. The van der Waals surface area contributed by atoms with Gasteiger partial charge < -0.3 is 20.3 Å². The van der Waals surface area contributed by atoms with E-state index in [1.165, 1.54) is 7.11 Å². The van der Waals surface area contributed by atoms with E-state index in [9.17, 15) is 9.90 Å². The Hall–Kier alpha value is -1.75. The highest BCUT2D eigenvalue weighted by molar-refractivity contribution is 5.70. The Kier molecular flexibility index (Phi) is 3.19. The topological polar surface area (TPSA) is 78.8 Å². The van der Waals surface area contributed by atoms with Crippen molar-refractivity contribution >= 4 is 5.97 Å². The van der Waals surface area contributed by atoms with E-state index in [0.717, 1.165) is 5.56 Å². The standard InChI is InChI=1S/C12H15NO4/c1-17-11-3-2-7(5-10(11)14)9-4-8(6-13-9)12(15)16/h2-3,5,8-9,13-14H,4,6H2,1H3,(H,15,16). The molecule has 0 aliphatic carbocycles. The number of nitrogens with one attached hydrogen (secondary N) is 1. The van der Waals surface area contributed by atoms with Gasteiger partial charge in [0, 0.05) is 12.6 Å². The first-order valence-electron chi connectivity index (χ1n) is 5.45. The van der Waals surface area contributed by atoms with Gasteiger partial charge in [-0.1, -0.05) is 6.07 Å². The molecule has 17 heavy (non-hydrogen) atoms. The van der Waals surface area contributed by atoms with Gasteiger partial charge in [0.1, 0.15) is 0 Å². The van der Waals surface area contributed by atoms with Gasteiger partial charge in [0.25, 0.3) is 0 Å². The van der Waals surface area contributed by atoms with Gasteiger partial charge in [-0.15, -0.1) is 0 Å². The van der Waals surface area contributed by atoms with E-state index in [2.05, 4.69) is 5.32 Å². The van der Waals surface area contributed by atoms with Crippen LogP contribution in [-0.4, -0.2) is 29.8 Å². The fraction of sp³-hybridized carbons (Fsp3) is 0.417. The molecule has 92 valence electrons. The fourth-order valence-corrected chi connectivity index (χ4v) is 2.10. The number of ether oxygens (including phenoxy) is 1. The summed E-state index contributed by atoms with van der Waals surface area (Å²) in [6, 6.07) is 5.11. The quantitative estimate of drug-likeness (QED) is 0.734. The maximum absolute atomic E-state index is 10.8. The molecule has 1 aromatic carbocycles. The van der Waals surface area contributed by atoms with Crippen LogP contribution in [0.15, 0.2) is 18.2 Å². The summed E-state index contributed by atoms with van der Waals surface area (Å²) < 4.78 is 4.96. The second-order valence-corrected chi connectivity index (χ2v) is 4.16. The maximum atomic E-state index is 10.8. The van der Waals surface area contributed by atoms with Gasteiger partial charge in [0.15, 0.2) is 11.5 Å². The summed E-state index contributed by atoms with van der Waals surface area (Å²) >= 11 is 0. The van der Waals surface area contributed by atoms with Crippen LogP contribution in [0, 0.1) is 5.92 Å². The van der Waals surface area contributed by atoms with Crippen molar-refractivity contribution < 1.29 is 19.7 Å². The third-order valence-corrected chi connectivity index (χ3v) is 3.09. The summed E-state index contributed by atoms with van der Waals surface area (Å²) in [7, 11) is 1.49. The van der Waals surface area contributed by atoms with E-state index >= 15 is 0 Å². The number of aromatic hydroxyl groups is 1. The fourth-order valence-electron chi connectivity index (χ4n) is 2.10. The highest BCUT2D eigenvalue weighted by Gasteiger charge is 2.30. The predicted octanol–water partition coefficient (Wildman–Crippen LogP) is 1.14. The van der Waals surface area contributed by atoms with Gasteiger partial charge in [-0.05, 0) is 24.1 Å². The van der Waals surface area contributed by atoms with Gasteiger partial charge in [-0.25, -0.2) is 0 Å². The molecule has 0 amide bonds. The molecule has 1 aromatic rings. The minimum Gasteiger partial charge on any atom is -0.504 e. The molecule has 3 N–H and O–H groups in total. The van der Waals surface area contributed by atoms with E-state index in [1.807, 2.05) is 6.07 Å². The summed E-state index contributed by atoms with van der Waals surface area (Å²) in [5, 5.41) is 21.7. The molecule has 0 spiro atoms. The number of methoxy groups -OCH3 is 1. The monoisotopic (exact) mass is 237 g/mol. The molecule has 5 heteroatoms. The largest absolute Gasteiger partial charge is 0.504 e. The van der Waals surface area contributed by atoms with Gasteiger partial charge in [0.05, 0.1) is 13.0 Å². The molecule has 0 aromatic heterocycles. The average molecular weight is 237 g/mol. The SMILES string of the molecule is COc1ccc(C2CC(C(=O)O)CN2)cc1O. The molecule has 1 aliphatic heterocycles. The van der Waals surface area contributed by atoms with Crippen LogP contribution in [0.25, 0.3) is 0 Å². The van der Waals surface area contributed by atoms with Gasteiger partial charge in [0.2, 0.25) is 0 Å². The van der Waals surface area contributed by atoms with Crippen molar-refractivity contribution in [3.63, 3.8) is 0 Å². The Labute approximate surface area is 99.0 Å². The number of benzene rings is 1. The van der Waals surface area contributed by atoms with Crippen molar-refractivity contribution in [3.05, 3.63) is 23.8 Å². The molecular weight excluding hydrogens is 222 g/mol. The predicted molar refractivity (Wildman–Crippen MR) is 61.1 cm³/mol. The number of carboxylic acids is 1. The van der Waals surface area contributed by atoms with Crippen LogP contribution in [0.5, 0.6) is 11.5 Å². The number of hydrogen-bond donors (Lipinski definition) is 3. The Morgan fingerprint density at radius 1 is 1.53 bits per heavy atom. The average Bonchev–Trinajstić information content (AvgIpc) is 2.78. The number of hydrogen-bond acceptors (Lipinski definition) is 4. The molecule has 0 radical (unpaired) electrons. The second kappa shape index (κ2) is 4.63. The molecule has 0 bridgehead atoms. The van der Waals surface area contributed by atoms with E-state index in [4.69, 9.17) is 9.84 Å². The third-order valence-electron chi connectivity index (χ3n) is 3.09. The lowest BCUT2D eigenvalue weighted by Gasteiger charge is -2.12. The van der Waals surface area contributed by atoms with Crippen LogP contribution in [0.2, 0.25) is 0 Å². The number of aliphatic carboxylic acids is 1. The molecule has 1 heterocycles.